The van der Waals surface area contributed by atoms with Gasteiger partial charge < -0.3 is 19.8 Å². The number of hydrogen-bond acceptors (Lipinski definition) is 5. The van der Waals surface area contributed by atoms with Crippen molar-refractivity contribution in [1.82, 2.24) is 5.32 Å². The summed E-state index contributed by atoms with van der Waals surface area (Å²) < 4.78 is 23.5. The van der Waals surface area contributed by atoms with Gasteiger partial charge in [0.2, 0.25) is 5.91 Å². The number of rotatable bonds is 44. The van der Waals surface area contributed by atoms with Gasteiger partial charge in [0.25, 0.3) is 0 Å². The third-order valence-corrected chi connectivity index (χ3v) is 11.7. The topological polar surface area (TPSA) is 105 Å². The Bertz CT molecular complexity index is 1100. The van der Waals surface area contributed by atoms with E-state index >= 15 is 0 Å². The summed E-state index contributed by atoms with van der Waals surface area (Å²) >= 11 is 0. The summed E-state index contributed by atoms with van der Waals surface area (Å²) in [4.78, 5) is 23.1. The fourth-order valence-electron chi connectivity index (χ4n) is 6.82. The van der Waals surface area contributed by atoms with Gasteiger partial charge in [-0.15, -0.1) is 0 Å². The maximum atomic E-state index is 12.9. The summed E-state index contributed by atoms with van der Waals surface area (Å²) in [6.07, 6.45) is 53.5. The van der Waals surface area contributed by atoms with Gasteiger partial charge in [0.1, 0.15) is 13.2 Å². The van der Waals surface area contributed by atoms with Crippen LogP contribution in [0.15, 0.2) is 48.6 Å². The van der Waals surface area contributed by atoms with Crippen LogP contribution in [-0.4, -0.2) is 73.4 Å². The second-order valence-corrected chi connectivity index (χ2v) is 19.3. The van der Waals surface area contributed by atoms with Crippen molar-refractivity contribution in [3.05, 3.63) is 48.6 Å². The molecule has 346 valence electrons. The zero-order chi connectivity index (χ0) is 43.6. The lowest BCUT2D eigenvalue weighted by Crippen LogP contribution is -2.45. The van der Waals surface area contributed by atoms with Crippen molar-refractivity contribution in [2.45, 2.75) is 225 Å². The number of aliphatic hydroxyl groups excluding tert-OH is 1. The van der Waals surface area contributed by atoms with Crippen molar-refractivity contribution in [2.24, 2.45) is 0 Å². The van der Waals surface area contributed by atoms with E-state index in [0.29, 0.717) is 17.4 Å². The van der Waals surface area contributed by atoms with E-state index in [4.69, 9.17) is 9.05 Å². The van der Waals surface area contributed by atoms with E-state index in [0.717, 1.165) is 51.4 Å². The van der Waals surface area contributed by atoms with Crippen LogP contribution in [0.1, 0.15) is 213 Å². The van der Waals surface area contributed by atoms with Crippen LogP contribution in [-0.2, 0) is 18.4 Å². The van der Waals surface area contributed by atoms with Crippen molar-refractivity contribution in [1.29, 1.82) is 0 Å². The second-order valence-electron chi connectivity index (χ2n) is 17.8. The van der Waals surface area contributed by atoms with Crippen LogP contribution in [0.2, 0.25) is 0 Å². The summed E-state index contributed by atoms with van der Waals surface area (Å²) in [7, 11) is 1.54. The van der Waals surface area contributed by atoms with Gasteiger partial charge in [-0.2, -0.15) is 0 Å². The molecule has 9 heteroatoms. The van der Waals surface area contributed by atoms with Crippen LogP contribution in [0.25, 0.3) is 0 Å². The molecule has 0 aromatic heterocycles. The Balaban J connectivity index is 4.22. The van der Waals surface area contributed by atoms with E-state index in [9.17, 15) is 19.4 Å². The van der Waals surface area contributed by atoms with E-state index in [2.05, 4.69) is 55.6 Å². The zero-order valence-corrected chi connectivity index (χ0v) is 40.1. The fourth-order valence-corrected chi connectivity index (χ4v) is 7.55. The summed E-state index contributed by atoms with van der Waals surface area (Å²) in [5, 5.41) is 13.8. The molecule has 59 heavy (non-hydrogen) atoms. The molecule has 0 aliphatic heterocycles. The van der Waals surface area contributed by atoms with E-state index < -0.39 is 20.0 Å². The SMILES string of the molecule is CCCC/C=C/CC/C=C/CC/C=C/C(O)C(COP(=O)(O)OCC[N+](C)(C)C)NC(=O)CCCCCCCCCCCCCCC/C=C\CCCCCCCCCC. The highest BCUT2D eigenvalue weighted by atomic mass is 31.2. The molecule has 0 bridgehead atoms. The lowest BCUT2D eigenvalue weighted by molar-refractivity contribution is -0.870. The van der Waals surface area contributed by atoms with E-state index in [1.807, 2.05) is 27.2 Å². The number of allylic oxidation sites excluding steroid dienone is 7. The van der Waals surface area contributed by atoms with Gasteiger partial charge in [0.05, 0.1) is 39.9 Å². The molecule has 0 spiro atoms. The third-order valence-electron chi connectivity index (χ3n) is 10.7. The lowest BCUT2D eigenvalue weighted by Gasteiger charge is -2.25. The first-order valence-electron chi connectivity index (χ1n) is 24.5. The number of nitrogens with one attached hydrogen (secondary N) is 1. The predicted octanol–water partition coefficient (Wildman–Crippen LogP) is 14.0. The van der Waals surface area contributed by atoms with Crippen LogP contribution >= 0.6 is 7.82 Å². The molecule has 3 atom stereocenters. The van der Waals surface area contributed by atoms with E-state index in [-0.39, 0.29) is 19.1 Å². The first-order chi connectivity index (χ1) is 28.5. The van der Waals surface area contributed by atoms with Crippen molar-refractivity contribution in [3.8, 4) is 0 Å². The number of hydrogen-bond donors (Lipinski definition) is 3. The number of phosphoric ester groups is 1. The number of amides is 1. The minimum absolute atomic E-state index is 0.0529. The molecule has 8 nitrogen and oxygen atoms in total. The number of quaternary nitrogens is 1. The van der Waals surface area contributed by atoms with Gasteiger partial charge in [-0.1, -0.05) is 191 Å². The van der Waals surface area contributed by atoms with Gasteiger partial charge >= 0.3 is 7.82 Å². The minimum atomic E-state index is -4.35. The highest BCUT2D eigenvalue weighted by molar-refractivity contribution is 7.47. The quantitative estimate of drug-likeness (QED) is 0.0244. The molecule has 0 fully saturated rings. The number of carbonyl (C=O) groups is 1. The average molecular weight is 852 g/mol. The number of unbranched alkanes of at least 4 members (excludes halogenated alkanes) is 25. The van der Waals surface area contributed by atoms with Crippen LogP contribution in [0, 0.1) is 0 Å². The number of phosphoric acid groups is 1. The molecule has 3 N–H and O–H groups in total. The van der Waals surface area contributed by atoms with Gasteiger partial charge in [-0.05, 0) is 64.2 Å². The molecule has 0 heterocycles. The van der Waals surface area contributed by atoms with Crippen LogP contribution in [0.5, 0.6) is 0 Å². The van der Waals surface area contributed by atoms with Crippen LogP contribution in [0.3, 0.4) is 0 Å². The lowest BCUT2D eigenvalue weighted by atomic mass is 10.0. The van der Waals surface area contributed by atoms with Crippen molar-refractivity contribution < 1.29 is 32.9 Å². The Kier molecular flexibility index (Phi) is 40.7. The Labute approximate surface area is 365 Å². The summed E-state index contributed by atoms with van der Waals surface area (Å²) in [6.45, 7) is 4.73. The maximum absolute atomic E-state index is 12.9. The number of carbonyl (C=O) groups excluding carboxylic acids is 1. The Morgan fingerprint density at radius 3 is 1.41 bits per heavy atom. The highest BCUT2D eigenvalue weighted by Crippen LogP contribution is 2.43. The molecular formula is C50H96N2O6P+. The van der Waals surface area contributed by atoms with Crippen molar-refractivity contribution in [3.63, 3.8) is 0 Å². The molecule has 0 saturated carbocycles. The highest BCUT2D eigenvalue weighted by Gasteiger charge is 2.27. The monoisotopic (exact) mass is 852 g/mol. The number of aliphatic hydroxyl groups is 1. The standard InChI is InChI=1S/C50H95N2O6P/c1-6-8-10-12-14-16-18-20-21-22-23-24-25-26-27-28-29-30-31-32-34-36-38-40-42-44-50(54)51-48(47-58-59(55,56)57-46-45-52(3,4)5)49(53)43-41-39-37-35-33-19-17-15-13-11-9-7-2/h13,15,22-23,33,35,41,43,48-49,53H,6-12,14,16-21,24-32,34,36-40,42,44-47H2,1-5H3,(H-,51,54,55,56)/p+1/b15-13+,23-22-,35-33+,43-41+. The van der Waals surface area contributed by atoms with E-state index in [1.54, 1.807) is 6.08 Å². The van der Waals surface area contributed by atoms with Crippen molar-refractivity contribution >= 4 is 13.7 Å². The molecule has 0 aromatic rings. The molecule has 0 saturated heterocycles. The summed E-state index contributed by atoms with van der Waals surface area (Å²) in [5.74, 6) is -0.193. The Morgan fingerprint density at radius 1 is 0.559 bits per heavy atom. The van der Waals surface area contributed by atoms with Gasteiger partial charge in [0, 0.05) is 6.42 Å². The molecule has 0 aromatic carbocycles. The average Bonchev–Trinajstić information content (AvgIpc) is 3.19. The van der Waals surface area contributed by atoms with Gasteiger partial charge in [-0.25, -0.2) is 4.57 Å². The Morgan fingerprint density at radius 2 is 0.949 bits per heavy atom. The summed E-state index contributed by atoms with van der Waals surface area (Å²) in [6, 6.07) is -0.868. The molecular weight excluding hydrogens is 756 g/mol. The zero-order valence-electron chi connectivity index (χ0n) is 39.2. The third kappa shape index (κ3) is 44.3. The van der Waals surface area contributed by atoms with Crippen LogP contribution < -0.4 is 5.32 Å². The molecule has 0 rings (SSSR count). The predicted molar refractivity (Wildman–Crippen MR) is 254 cm³/mol. The van der Waals surface area contributed by atoms with E-state index in [1.165, 1.54) is 141 Å². The normalized spacial score (nSPS) is 14.6. The second kappa shape index (κ2) is 41.8. The molecule has 1 amide bonds. The van der Waals surface area contributed by atoms with Crippen molar-refractivity contribution in [2.75, 3.05) is 40.9 Å². The molecule has 0 aliphatic carbocycles. The molecule has 0 aliphatic rings. The minimum Gasteiger partial charge on any atom is -0.387 e. The van der Waals surface area contributed by atoms with Gasteiger partial charge in [0.15, 0.2) is 0 Å². The largest absolute Gasteiger partial charge is 0.472 e. The first-order valence-corrected chi connectivity index (χ1v) is 26.0. The number of nitrogens with zero attached hydrogens (tertiary/aromatic N) is 1. The Hall–Kier alpha value is -1.54. The van der Waals surface area contributed by atoms with Crippen LogP contribution in [0.4, 0.5) is 0 Å². The maximum Gasteiger partial charge on any atom is 0.472 e. The molecule has 3 unspecified atom stereocenters. The number of likely N-dealkylation sites (N-methyl/N-ethyl adjacent to an activating group) is 1. The summed E-state index contributed by atoms with van der Waals surface area (Å²) in [5.41, 5.74) is 0. The first kappa shape index (κ1) is 57.5. The fraction of sp³-hybridized carbons (Fsp3) is 0.820. The van der Waals surface area contributed by atoms with Gasteiger partial charge in [-0.3, -0.25) is 13.8 Å². The molecule has 0 radical (unpaired) electrons. The smallest absolute Gasteiger partial charge is 0.387 e.